The highest BCUT2D eigenvalue weighted by molar-refractivity contribution is 7.92. The highest BCUT2D eigenvalue weighted by atomic mass is 32.2. The number of nitrogens with zero attached hydrogens (tertiary/aromatic N) is 3. The Kier molecular flexibility index (Phi) is 5.43. The minimum Gasteiger partial charge on any atom is -0.342 e. The van der Waals surface area contributed by atoms with Gasteiger partial charge in [0.25, 0.3) is 15.9 Å². The van der Waals surface area contributed by atoms with Gasteiger partial charge < -0.3 is 5.32 Å². The third kappa shape index (κ3) is 4.26. The average molecular weight is 436 g/mol. The maximum Gasteiger partial charge on any atom is 0.261 e. The van der Waals surface area contributed by atoms with Crippen molar-refractivity contribution in [3.63, 3.8) is 0 Å². The van der Waals surface area contributed by atoms with E-state index in [1.54, 1.807) is 16.5 Å². The van der Waals surface area contributed by atoms with Crippen molar-refractivity contribution in [2.45, 2.75) is 24.8 Å². The van der Waals surface area contributed by atoms with Crippen LogP contribution >= 0.6 is 0 Å². The quantitative estimate of drug-likeness (QED) is 0.483. The van der Waals surface area contributed by atoms with Crippen molar-refractivity contribution in [1.82, 2.24) is 19.9 Å². The molecule has 0 bridgehead atoms. The second kappa shape index (κ2) is 8.19. The maximum absolute atomic E-state index is 12.7. The van der Waals surface area contributed by atoms with E-state index in [1.807, 2.05) is 50.4 Å². The van der Waals surface area contributed by atoms with Gasteiger partial charge in [0.2, 0.25) is 0 Å². The molecule has 8 nitrogen and oxygen atoms in total. The number of nitrogens with one attached hydrogen (secondary N) is 2. The fourth-order valence-corrected chi connectivity index (χ4v) is 4.31. The molecule has 0 radical (unpaired) electrons. The summed E-state index contributed by atoms with van der Waals surface area (Å²) in [6, 6.07) is 18.1. The molecule has 0 saturated carbocycles. The van der Waals surface area contributed by atoms with Gasteiger partial charge in [-0.15, -0.1) is 10.2 Å². The van der Waals surface area contributed by atoms with E-state index in [0.717, 1.165) is 5.56 Å². The third-order valence-electron chi connectivity index (χ3n) is 4.89. The monoisotopic (exact) mass is 435 g/mol. The molecule has 0 aliphatic heterocycles. The van der Waals surface area contributed by atoms with Gasteiger partial charge in [-0.3, -0.25) is 13.9 Å². The van der Waals surface area contributed by atoms with E-state index in [1.165, 1.54) is 24.3 Å². The Balaban J connectivity index is 1.48. The van der Waals surface area contributed by atoms with Crippen molar-refractivity contribution < 1.29 is 13.2 Å². The number of para-hydroxylation sites is 1. The number of pyridine rings is 1. The van der Waals surface area contributed by atoms with Crippen LogP contribution in [0.15, 0.2) is 77.8 Å². The molecule has 2 aromatic carbocycles. The van der Waals surface area contributed by atoms with Gasteiger partial charge in [0, 0.05) is 11.8 Å². The number of sulfonamides is 1. The van der Waals surface area contributed by atoms with E-state index in [2.05, 4.69) is 20.2 Å². The van der Waals surface area contributed by atoms with Crippen molar-refractivity contribution in [1.29, 1.82) is 0 Å². The standard InChI is InChI=1S/C22H21N5O3S/c1-15-7-3-4-8-19(15)26-31(29,30)18-12-10-17(11-13-18)22(28)23-16(2)21-25-24-20-9-5-6-14-27(20)21/h3-14,16,26H,1-2H3,(H,23,28). The normalized spacial score (nSPS) is 12.5. The summed E-state index contributed by atoms with van der Waals surface area (Å²) >= 11 is 0. The minimum absolute atomic E-state index is 0.0730. The predicted octanol–water partition coefficient (Wildman–Crippen LogP) is 3.33. The summed E-state index contributed by atoms with van der Waals surface area (Å²) in [6.07, 6.45) is 1.83. The first-order chi connectivity index (χ1) is 14.8. The third-order valence-corrected chi connectivity index (χ3v) is 6.27. The molecule has 0 fully saturated rings. The predicted molar refractivity (Wildman–Crippen MR) is 117 cm³/mol. The number of carbonyl (C=O) groups is 1. The number of benzene rings is 2. The van der Waals surface area contributed by atoms with Crippen molar-refractivity contribution in [3.05, 3.63) is 89.9 Å². The Morgan fingerprint density at radius 1 is 0.968 bits per heavy atom. The van der Waals surface area contributed by atoms with Gasteiger partial charge in [-0.05, 0) is 61.9 Å². The summed E-state index contributed by atoms with van der Waals surface area (Å²) in [5.74, 6) is 0.265. The molecule has 158 valence electrons. The Bertz CT molecular complexity index is 1350. The molecule has 1 unspecified atom stereocenters. The fourth-order valence-electron chi connectivity index (χ4n) is 3.18. The Hall–Kier alpha value is -3.72. The average Bonchev–Trinajstić information content (AvgIpc) is 3.20. The van der Waals surface area contributed by atoms with Crippen molar-refractivity contribution in [2.24, 2.45) is 0 Å². The van der Waals surface area contributed by atoms with Crippen LogP contribution in [0.2, 0.25) is 0 Å². The van der Waals surface area contributed by atoms with Crippen molar-refractivity contribution in [3.8, 4) is 0 Å². The smallest absolute Gasteiger partial charge is 0.261 e. The Labute approximate surface area is 180 Å². The number of rotatable bonds is 6. The van der Waals surface area contributed by atoms with Gasteiger partial charge in [-0.25, -0.2) is 8.42 Å². The summed E-state index contributed by atoms with van der Waals surface area (Å²) in [7, 11) is -3.76. The number of anilines is 1. The summed E-state index contributed by atoms with van der Waals surface area (Å²) in [5.41, 5.74) is 2.36. The SMILES string of the molecule is Cc1ccccc1NS(=O)(=O)c1ccc(C(=O)NC(C)c2nnc3ccccn23)cc1. The summed E-state index contributed by atoms with van der Waals surface area (Å²) in [6.45, 7) is 3.64. The van der Waals surface area contributed by atoms with Crippen LogP contribution < -0.4 is 10.0 Å². The van der Waals surface area contributed by atoms with E-state index in [-0.39, 0.29) is 10.8 Å². The van der Waals surface area contributed by atoms with Gasteiger partial charge >= 0.3 is 0 Å². The zero-order chi connectivity index (χ0) is 22.0. The molecular formula is C22H21N5O3S. The lowest BCUT2D eigenvalue weighted by Crippen LogP contribution is -2.28. The molecule has 1 amide bonds. The second-order valence-electron chi connectivity index (χ2n) is 7.13. The number of aromatic nitrogens is 3. The van der Waals surface area contributed by atoms with E-state index in [9.17, 15) is 13.2 Å². The zero-order valence-electron chi connectivity index (χ0n) is 17.0. The van der Waals surface area contributed by atoms with E-state index < -0.39 is 16.1 Å². The van der Waals surface area contributed by atoms with E-state index >= 15 is 0 Å². The molecule has 2 heterocycles. The first kappa shape index (κ1) is 20.5. The molecule has 0 spiro atoms. The first-order valence-corrected chi connectivity index (χ1v) is 11.1. The van der Waals surface area contributed by atoms with Crippen LogP contribution in [0.3, 0.4) is 0 Å². The van der Waals surface area contributed by atoms with Gasteiger partial charge in [0.15, 0.2) is 11.5 Å². The molecular weight excluding hydrogens is 414 g/mol. The molecule has 2 aromatic heterocycles. The summed E-state index contributed by atoms with van der Waals surface area (Å²) < 4.78 is 29.7. The van der Waals surface area contributed by atoms with E-state index in [4.69, 9.17) is 0 Å². The van der Waals surface area contributed by atoms with Crippen LogP contribution in [0.1, 0.15) is 34.7 Å². The van der Waals surface area contributed by atoms with Gasteiger partial charge in [-0.2, -0.15) is 0 Å². The van der Waals surface area contributed by atoms with Crippen molar-refractivity contribution >= 4 is 27.3 Å². The molecule has 1 atom stereocenters. The van der Waals surface area contributed by atoms with Crippen molar-refractivity contribution in [2.75, 3.05) is 4.72 Å². The Morgan fingerprint density at radius 2 is 1.68 bits per heavy atom. The molecule has 0 aliphatic carbocycles. The topological polar surface area (TPSA) is 105 Å². The molecule has 0 saturated heterocycles. The van der Waals surface area contributed by atoms with Crippen LogP contribution in [0.5, 0.6) is 0 Å². The Morgan fingerprint density at radius 3 is 2.42 bits per heavy atom. The zero-order valence-corrected chi connectivity index (χ0v) is 17.8. The lowest BCUT2D eigenvalue weighted by atomic mass is 10.2. The number of hydrogen-bond acceptors (Lipinski definition) is 5. The van der Waals surface area contributed by atoms with Crippen LogP contribution in [-0.4, -0.2) is 28.9 Å². The molecule has 2 N–H and O–H groups in total. The van der Waals surface area contributed by atoms with Crippen LogP contribution in [0, 0.1) is 6.92 Å². The highest BCUT2D eigenvalue weighted by Crippen LogP contribution is 2.20. The fraction of sp³-hybridized carbons (Fsp3) is 0.136. The van der Waals surface area contributed by atoms with E-state index in [0.29, 0.717) is 22.7 Å². The summed E-state index contributed by atoms with van der Waals surface area (Å²) in [5, 5.41) is 11.1. The molecule has 4 rings (SSSR count). The van der Waals surface area contributed by atoms with Crippen LogP contribution in [0.25, 0.3) is 5.65 Å². The molecule has 4 aromatic rings. The second-order valence-corrected chi connectivity index (χ2v) is 8.81. The minimum atomic E-state index is -3.76. The molecule has 9 heteroatoms. The first-order valence-electron chi connectivity index (χ1n) is 9.64. The molecule has 0 aliphatic rings. The van der Waals surface area contributed by atoms with Crippen LogP contribution in [0.4, 0.5) is 5.69 Å². The van der Waals surface area contributed by atoms with Gasteiger partial charge in [0.1, 0.15) is 0 Å². The largest absolute Gasteiger partial charge is 0.342 e. The summed E-state index contributed by atoms with van der Waals surface area (Å²) in [4.78, 5) is 12.7. The van der Waals surface area contributed by atoms with Gasteiger partial charge in [0.05, 0.1) is 16.6 Å². The highest BCUT2D eigenvalue weighted by Gasteiger charge is 2.19. The van der Waals surface area contributed by atoms with Gasteiger partial charge in [-0.1, -0.05) is 24.3 Å². The van der Waals surface area contributed by atoms with Crippen LogP contribution in [-0.2, 0) is 10.0 Å². The lowest BCUT2D eigenvalue weighted by molar-refractivity contribution is 0.0938. The number of aryl methyl sites for hydroxylation is 1. The number of amides is 1. The number of carbonyl (C=O) groups excluding carboxylic acids is 1. The maximum atomic E-state index is 12.7. The molecule has 31 heavy (non-hydrogen) atoms. The number of hydrogen-bond donors (Lipinski definition) is 2. The number of fused-ring (bicyclic) bond motifs is 1. The lowest BCUT2D eigenvalue weighted by Gasteiger charge is -2.13.